The van der Waals surface area contributed by atoms with Gasteiger partial charge in [0.05, 0.1) is 0 Å². The second kappa shape index (κ2) is 6.19. The maximum Gasteiger partial charge on any atom is 0.159 e. The molecule has 0 saturated carbocycles. The summed E-state index contributed by atoms with van der Waals surface area (Å²) in [6.45, 7) is 5.62. The minimum absolute atomic E-state index is 0.0434. The fourth-order valence-electron chi connectivity index (χ4n) is 1.40. The summed E-state index contributed by atoms with van der Waals surface area (Å²) < 4.78 is 1.02. The first kappa shape index (κ1) is 15.0. The van der Waals surface area contributed by atoms with Gasteiger partial charge in [0, 0.05) is 22.4 Å². The molecule has 0 bridgehead atoms. The number of allylic oxidation sites excluding steroid dienone is 2. The van der Waals surface area contributed by atoms with E-state index >= 15 is 0 Å². The van der Waals surface area contributed by atoms with E-state index in [-0.39, 0.29) is 17.0 Å². The number of carbonyl (C=O) groups is 1. The van der Waals surface area contributed by atoms with Crippen molar-refractivity contribution in [3.05, 3.63) is 46.1 Å². The van der Waals surface area contributed by atoms with E-state index in [0.29, 0.717) is 12.8 Å². The SMILES string of the molecule is CC(C)(C)/C(O)=C/C(=O)CCc1ccccc1Br. The summed E-state index contributed by atoms with van der Waals surface area (Å²) in [4.78, 5) is 11.7. The summed E-state index contributed by atoms with van der Waals surface area (Å²) >= 11 is 3.45. The lowest BCUT2D eigenvalue weighted by molar-refractivity contribution is -0.114. The van der Waals surface area contributed by atoms with Crippen LogP contribution < -0.4 is 0 Å². The molecule has 0 aliphatic rings. The van der Waals surface area contributed by atoms with E-state index in [4.69, 9.17) is 0 Å². The highest BCUT2D eigenvalue weighted by Gasteiger charge is 2.17. The predicted molar refractivity (Wildman–Crippen MR) is 77.6 cm³/mol. The number of hydrogen-bond acceptors (Lipinski definition) is 2. The van der Waals surface area contributed by atoms with Gasteiger partial charge in [-0.05, 0) is 18.1 Å². The van der Waals surface area contributed by atoms with E-state index < -0.39 is 0 Å². The molecule has 0 saturated heterocycles. The fourth-order valence-corrected chi connectivity index (χ4v) is 1.88. The lowest BCUT2D eigenvalue weighted by Gasteiger charge is -2.16. The zero-order chi connectivity index (χ0) is 13.8. The van der Waals surface area contributed by atoms with Crippen LogP contribution in [-0.4, -0.2) is 10.9 Å². The van der Waals surface area contributed by atoms with Crippen LogP contribution in [0.5, 0.6) is 0 Å². The molecule has 0 aromatic heterocycles. The molecule has 0 atom stereocenters. The van der Waals surface area contributed by atoms with Crippen molar-refractivity contribution < 1.29 is 9.90 Å². The van der Waals surface area contributed by atoms with Gasteiger partial charge < -0.3 is 5.11 Å². The third-order valence-electron chi connectivity index (χ3n) is 2.66. The Kier molecular flexibility index (Phi) is 5.15. The van der Waals surface area contributed by atoms with Crippen molar-refractivity contribution in [2.75, 3.05) is 0 Å². The van der Waals surface area contributed by atoms with Gasteiger partial charge in [-0.3, -0.25) is 4.79 Å². The summed E-state index contributed by atoms with van der Waals surface area (Å²) in [5, 5.41) is 9.74. The fraction of sp³-hybridized carbons (Fsp3) is 0.400. The second-order valence-electron chi connectivity index (χ2n) is 5.34. The minimum Gasteiger partial charge on any atom is -0.512 e. The molecule has 0 aliphatic carbocycles. The van der Waals surface area contributed by atoms with E-state index in [9.17, 15) is 9.90 Å². The predicted octanol–water partition coefficient (Wildman–Crippen LogP) is 4.44. The average Bonchev–Trinajstić information content (AvgIpc) is 2.26. The van der Waals surface area contributed by atoms with Crippen molar-refractivity contribution >= 4 is 21.7 Å². The van der Waals surface area contributed by atoms with E-state index in [2.05, 4.69) is 15.9 Å². The molecule has 3 heteroatoms. The van der Waals surface area contributed by atoms with E-state index in [1.165, 1.54) is 6.08 Å². The largest absolute Gasteiger partial charge is 0.512 e. The summed E-state index contributed by atoms with van der Waals surface area (Å²) in [6.07, 6.45) is 2.42. The summed E-state index contributed by atoms with van der Waals surface area (Å²) in [5.74, 6) is 0.0952. The van der Waals surface area contributed by atoms with Crippen LogP contribution in [0.25, 0.3) is 0 Å². The molecular formula is C15H19BrO2. The molecule has 1 aromatic rings. The molecule has 0 unspecified atom stereocenters. The normalized spacial score (nSPS) is 12.6. The van der Waals surface area contributed by atoms with Crippen LogP contribution in [0.4, 0.5) is 0 Å². The van der Waals surface area contributed by atoms with Gasteiger partial charge >= 0.3 is 0 Å². The lowest BCUT2D eigenvalue weighted by Crippen LogP contribution is -2.11. The molecule has 2 nitrogen and oxygen atoms in total. The number of benzene rings is 1. The number of aliphatic hydroxyl groups excluding tert-OH is 1. The molecule has 0 radical (unpaired) electrons. The number of aryl methyl sites for hydroxylation is 1. The van der Waals surface area contributed by atoms with Crippen LogP contribution in [-0.2, 0) is 11.2 Å². The molecule has 0 aliphatic heterocycles. The zero-order valence-electron chi connectivity index (χ0n) is 11.0. The van der Waals surface area contributed by atoms with Crippen LogP contribution in [0, 0.1) is 5.41 Å². The number of halogens is 1. The molecule has 1 N–H and O–H groups in total. The summed E-state index contributed by atoms with van der Waals surface area (Å²) in [5.41, 5.74) is 0.734. The van der Waals surface area contributed by atoms with Crippen LogP contribution in [0.1, 0.15) is 32.8 Å². The molecule has 18 heavy (non-hydrogen) atoms. The quantitative estimate of drug-likeness (QED) is 0.659. The Labute approximate surface area is 117 Å². The standard InChI is InChI=1S/C15H19BrO2/c1-15(2,3)14(18)10-12(17)9-8-11-6-4-5-7-13(11)16/h4-7,10,18H,8-9H2,1-3H3/b14-10-. The van der Waals surface area contributed by atoms with E-state index in [0.717, 1.165) is 10.0 Å². The maximum absolute atomic E-state index is 11.7. The molecule has 1 rings (SSSR count). The van der Waals surface area contributed by atoms with Gasteiger partial charge in [0.15, 0.2) is 5.78 Å². The Hall–Kier alpha value is -1.09. The number of aliphatic hydroxyl groups is 1. The Morgan fingerprint density at radius 2 is 1.94 bits per heavy atom. The lowest BCUT2D eigenvalue weighted by atomic mass is 9.92. The number of carbonyl (C=O) groups excluding carboxylic acids is 1. The number of ketones is 1. The van der Waals surface area contributed by atoms with Crippen LogP contribution in [0.15, 0.2) is 40.6 Å². The molecule has 0 spiro atoms. The second-order valence-corrected chi connectivity index (χ2v) is 6.19. The third kappa shape index (κ3) is 4.65. The zero-order valence-corrected chi connectivity index (χ0v) is 12.6. The third-order valence-corrected chi connectivity index (χ3v) is 3.44. The van der Waals surface area contributed by atoms with Gasteiger partial charge in [-0.2, -0.15) is 0 Å². The van der Waals surface area contributed by atoms with Crippen molar-refractivity contribution in [2.45, 2.75) is 33.6 Å². The Morgan fingerprint density at radius 1 is 1.33 bits per heavy atom. The smallest absolute Gasteiger partial charge is 0.159 e. The van der Waals surface area contributed by atoms with Crippen molar-refractivity contribution in [1.29, 1.82) is 0 Å². The Balaban J connectivity index is 2.60. The number of hydrogen-bond donors (Lipinski definition) is 1. The molecular weight excluding hydrogens is 292 g/mol. The first-order valence-corrected chi connectivity index (χ1v) is 6.77. The molecule has 98 valence electrons. The molecule has 0 heterocycles. The Bertz CT molecular complexity index is 456. The van der Waals surface area contributed by atoms with Crippen molar-refractivity contribution in [3.63, 3.8) is 0 Å². The van der Waals surface area contributed by atoms with Gasteiger partial charge in [0.2, 0.25) is 0 Å². The average molecular weight is 311 g/mol. The van der Waals surface area contributed by atoms with Crippen molar-refractivity contribution in [3.8, 4) is 0 Å². The van der Waals surface area contributed by atoms with Gasteiger partial charge in [-0.15, -0.1) is 0 Å². The highest BCUT2D eigenvalue weighted by molar-refractivity contribution is 9.10. The summed E-state index contributed by atoms with van der Waals surface area (Å²) in [6, 6.07) is 7.85. The van der Waals surface area contributed by atoms with E-state index in [1.807, 2.05) is 45.0 Å². The first-order valence-electron chi connectivity index (χ1n) is 5.98. The highest BCUT2D eigenvalue weighted by Crippen LogP contribution is 2.23. The summed E-state index contributed by atoms with van der Waals surface area (Å²) in [7, 11) is 0. The maximum atomic E-state index is 11.7. The Morgan fingerprint density at radius 3 is 2.50 bits per heavy atom. The monoisotopic (exact) mass is 310 g/mol. The molecule has 0 fully saturated rings. The minimum atomic E-state index is -0.372. The van der Waals surface area contributed by atoms with Crippen LogP contribution >= 0.6 is 15.9 Å². The number of rotatable bonds is 4. The van der Waals surface area contributed by atoms with E-state index in [1.54, 1.807) is 0 Å². The van der Waals surface area contributed by atoms with Crippen LogP contribution in [0.2, 0.25) is 0 Å². The highest BCUT2D eigenvalue weighted by atomic mass is 79.9. The first-order chi connectivity index (χ1) is 8.30. The van der Waals surface area contributed by atoms with Gasteiger partial charge in [0.1, 0.15) is 5.76 Å². The van der Waals surface area contributed by atoms with Crippen LogP contribution in [0.3, 0.4) is 0 Å². The van der Waals surface area contributed by atoms with Gasteiger partial charge in [0.25, 0.3) is 0 Å². The van der Waals surface area contributed by atoms with Gasteiger partial charge in [-0.1, -0.05) is 54.9 Å². The topological polar surface area (TPSA) is 37.3 Å². The van der Waals surface area contributed by atoms with Gasteiger partial charge in [-0.25, -0.2) is 0 Å². The molecule has 0 amide bonds. The van der Waals surface area contributed by atoms with Crippen molar-refractivity contribution in [2.24, 2.45) is 5.41 Å². The molecule has 1 aromatic carbocycles. The van der Waals surface area contributed by atoms with Crippen molar-refractivity contribution in [1.82, 2.24) is 0 Å².